The van der Waals surface area contributed by atoms with E-state index in [9.17, 15) is 0 Å². The third-order valence-corrected chi connectivity index (χ3v) is 7.50. The largest absolute Gasteiger partial charge is 0.0801 e. The van der Waals surface area contributed by atoms with Gasteiger partial charge in [-0.3, -0.25) is 0 Å². The molecule has 1 heteroatoms. The Morgan fingerprint density at radius 3 is 2.32 bits per heavy atom. The minimum absolute atomic E-state index is 0.398. The number of rotatable bonds is 9. The van der Waals surface area contributed by atoms with Crippen molar-refractivity contribution in [3.63, 3.8) is 0 Å². The van der Waals surface area contributed by atoms with Gasteiger partial charge in [-0.15, -0.1) is 0 Å². The van der Waals surface area contributed by atoms with Crippen LogP contribution < -0.4 is 0 Å². The average Bonchev–Trinajstić information content (AvgIpc) is 3.17. The Balaban J connectivity index is 2.27. The summed E-state index contributed by atoms with van der Waals surface area (Å²) in [6.07, 6.45) is 22.1. The van der Waals surface area contributed by atoms with Crippen molar-refractivity contribution in [2.45, 2.75) is 77.8 Å². The van der Waals surface area contributed by atoms with Crippen LogP contribution in [0.2, 0.25) is 12.1 Å². The van der Waals surface area contributed by atoms with Crippen molar-refractivity contribution in [2.24, 2.45) is 0 Å². The Kier molecular flexibility index (Phi) is 7.31. The van der Waals surface area contributed by atoms with Gasteiger partial charge in [0.25, 0.3) is 0 Å². The van der Waals surface area contributed by atoms with Gasteiger partial charge in [-0.05, 0) is 52.9 Å². The van der Waals surface area contributed by atoms with Crippen LogP contribution in [-0.4, -0.2) is 13.6 Å². The summed E-state index contributed by atoms with van der Waals surface area (Å²) in [5, 5.41) is 1.60. The van der Waals surface area contributed by atoms with Gasteiger partial charge in [-0.2, -0.15) is 0 Å². The Hall–Kier alpha value is -0.953. The fourth-order valence-electron chi connectivity index (χ4n) is 3.25. The number of allylic oxidation sites excluding steroid dienone is 8. The average molecular weight is 312 g/mol. The van der Waals surface area contributed by atoms with E-state index >= 15 is 0 Å². The van der Waals surface area contributed by atoms with E-state index in [1.54, 1.807) is 10.7 Å². The molecule has 0 saturated carbocycles. The van der Waals surface area contributed by atoms with Crippen LogP contribution in [0.3, 0.4) is 0 Å². The van der Waals surface area contributed by atoms with Crippen LogP contribution in [-0.2, 0) is 0 Å². The molecule has 0 spiro atoms. The molecule has 0 bridgehead atoms. The van der Waals surface area contributed by atoms with Crippen molar-refractivity contribution in [3.8, 4) is 0 Å². The first kappa shape index (κ1) is 17.4. The first-order chi connectivity index (χ1) is 10.8. The first-order valence-electron chi connectivity index (χ1n) is 9.23. The Morgan fingerprint density at radius 2 is 1.77 bits per heavy atom. The predicted molar refractivity (Wildman–Crippen MR) is 102 cm³/mol. The molecule has 22 heavy (non-hydrogen) atoms. The zero-order valence-electron chi connectivity index (χ0n) is 14.7. The summed E-state index contributed by atoms with van der Waals surface area (Å²) in [7, 11) is -0.398. The van der Waals surface area contributed by atoms with Crippen molar-refractivity contribution >= 4 is 13.6 Å². The molecule has 0 heterocycles. The summed E-state index contributed by atoms with van der Waals surface area (Å²) < 4.78 is 0. The molecule has 0 aromatic carbocycles. The predicted octanol–water partition coefficient (Wildman–Crippen LogP) is 6.19. The molecule has 0 N–H and O–H groups in total. The molecule has 0 aromatic rings. The van der Waals surface area contributed by atoms with Gasteiger partial charge < -0.3 is 0 Å². The van der Waals surface area contributed by atoms with E-state index in [0.29, 0.717) is 0 Å². The van der Waals surface area contributed by atoms with E-state index in [1.165, 1.54) is 61.8 Å². The zero-order valence-corrected chi connectivity index (χ0v) is 15.7. The molecular weight excluding hydrogens is 280 g/mol. The summed E-state index contributed by atoms with van der Waals surface area (Å²) in [5.74, 6) is 0. The maximum Gasteiger partial charge on any atom is 0.0202 e. The molecule has 1 radical (unpaired) electrons. The minimum atomic E-state index is -0.398. The highest BCUT2D eigenvalue weighted by atomic mass is 28.2. The second kappa shape index (κ2) is 9.25. The van der Waals surface area contributed by atoms with Crippen LogP contribution in [0.5, 0.6) is 0 Å². The van der Waals surface area contributed by atoms with Crippen molar-refractivity contribution < 1.29 is 0 Å². The van der Waals surface area contributed by atoms with Crippen molar-refractivity contribution in [1.29, 1.82) is 0 Å². The molecule has 2 rings (SSSR count). The minimum Gasteiger partial charge on any atom is -0.0801 e. The molecule has 0 aromatic heterocycles. The van der Waals surface area contributed by atoms with E-state index in [4.69, 9.17) is 0 Å². The topological polar surface area (TPSA) is 0 Å². The monoisotopic (exact) mass is 311 g/mol. The van der Waals surface area contributed by atoms with E-state index in [0.717, 1.165) is 6.42 Å². The van der Waals surface area contributed by atoms with E-state index in [-0.39, 0.29) is 0 Å². The van der Waals surface area contributed by atoms with Crippen molar-refractivity contribution in [2.75, 3.05) is 0 Å². The smallest absolute Gasteiger partial charge is 0.0202 e. The van der Waals surface area contributed by atoms with Crippen LogP contribution >= 0.6 is 0 Å². The summed E-state index contributed by atoms with van der Waals surface area (Å²) in [6.45, 7) is 6.92. The second-order valence-corrected chi connectivity index (χ2v) is 9.21. The molecule has 2 aliphatic rings. The maximum absolute atomic E-state index is 3.86. The normalized spacial score (nSPS) is 16.9. The molecule has 0 saturated heterocycles. The lowest BCUT2D eigenvalue weighted by molar-refractivity contribution is 0.849. The fraction of sp³-hybridized carbons (Fsp3) is 0.571. The van der Waals surface area contributed by atoms with Gasteiger partial charge >= 0.3 is 0 Å². The molecule has 119 valence electrons. The van der Waals surface area contributed by atoms with E-state index < -0.39 is 8.41 Å². The lowest BCUT2D eigenvalue weighted by Gasteiger charge is -2.07. The Bertz CT molecular complexity index is 516. The lowest BCUT2D eigenvalue weighted by atomic mass is 9.97. The fourth-order valence-corrected chi connectivity index (χ4v) is 6.28. The van der Waals surface area contributed by atoms with Gasteiger partial charge in [0, 0.05) is 8.41 Å². The third kappa shape index (κ3) is 4.52. The van der Waals surface area contributed by atoms with Gasteiger partial charge in [-0.1, -0.05) is 77.2 Å². The van der Waals surface area contributed by atoms with Gasteiger partial charge in [0.15, 0.2) is 0 Å². The highest BCUT2D eigenvalue weighted by molar-refractivity contribution is 6.74. The Morgan fingerprint density at radius 1 is 1.05 bits per heavy atom. The van der Waals surface area contributed by atoms with Gasteiger partial charge in [0.1, 0.15) is 0 Å². The van der Waals surface area contributed by atoms with Crippen LogP contribution in [0.4, 0.5) is 0 Å². The lowest BCUT2D eigenvalue weighted by Crippen LogP contribution is -2.11. The van der Waals surface area contributed by atoms with Crippen LogP contribution in [0.25, 0.3) is 0 Å². The molecule has 0 amide bonds. The molecule has 0 atom stereocenters. The van der Waals surface area contributed by atoms with E-state index in [1.807, 2.05) is 0 Å². The highest BCUT2D eigenvalue weighted by Gasteiger charge is 2.19. The van der Waals surface area contributed by atoms with Gasteiger partial charge in [0.2, 0.25) is 0 Å². The highest BCUT2D eigenvalue weighted by Crippen LogP contribution is 2.32. The quantitative estimate of drug-likeness (QED) is 0.445. The summed E-state index contributed by atoms with van der Waals surface area (Å²) in [5.41, 5.74) is 4.49. The third-order valence-electron chi connectivity index (χ3n) is 4.56. The maximum atomic E-state index is 3.86. The van der Waals surface area contributed by atoms with Crippen LogP contribution in [0.1, 0.15) is 65.7 Å². The van der Waals surface area contributed by atoms with Crippen LogP contribution in [0, 0.1) is 6.08 Å². The molecule has 2 aliphatic carbocycles. The summed E-state index contributed by atoms with van der Waals surface area (Å²) in [6, 6.07) is 2.87. The van der Waals surface area contributed by atoms with Crippen molar-refractivity contribution in [1.82, 2.24) is 0 Å². The molecule has 0 aliphatic heterocycles. The summed E-state index contributed by atoms with van der Waals surface area (Å²) in [4.78, 5) is 0. The van der Waals surface area contributed by atoms with Gasteiger partial charge in [0.05, 0.1) is 0 Å². The number of hydrogen-bond acceptors (Lipinski definition) is 0. The second-order valence-electron chi connectivity index (χ2n) is 6.47. The zero-order chi connectivity index (χ0) is 15.8. The van der Waals surface area contributed by atoms with Crippen molar-refractivity contribution in [3.05, 3.63) is 47.1 Å². The summed E-state index contributed by atoms with van der Waals surface area (Å²) >= 11 is 0. The van der Waals surface area contributed by atoms with E-state index in [2.05, 4.69) is 51.2 Å². The first-order valence-corrected chi connectivity index (χ1v) is 11.1. The van der Waals surface area contributed by atoms with Crippen LogP contribution in [0.15, 0.2) is 41.0 Å². The Labute approximate surface area is 138 Å². The standard InChI is InChI=1S/C21H31Si/c1-4-7-14-22(15-8-5-2)20-16-19(11-6-3)21(17-20)18-12-9-10-13-18/h9-10,12,16H,4-8,11,13-15H2,1-3H3. The molecule has 0 unspecified atom stereocenters. The van der Waals surface area contributed by atoms with Gasteiger partial charge in [-0.25, -0.2) is 0 Å². The number of unbranched alkanes of at least 4 members (excludes halogenated alkanes) is 2. The molecular formula is C21H31Si. The molecule has 0 nitrogen and oxygen atoms in total. The number of hydrogen-bond donors (Lipinski definition) is 0. The molecule has 0 fully saturated rings. The SMILES string of the molecule is CCCC[Si](CCCC)=C1[C]=C(C2=CC=CC2)C(CCC)=C1.